The molecule has 7 heteroatoms. The van der Waals surface area contributed by atoms with Gasteiger partial charge in [-0.3, -0.25) is 4.79 Å². The predicted octanol–water partition coefficient (Wildman–Crippen LogP) is 3.41. The average molecular weight is 436 g/mol. The Bertz CT molecular complexity index is 357. The average Bonchev–Trinajstić information content (AvgIpc) is 2.57. The Kier molecular flexibility index (Phi) is 7.14. The Morgan fingerprint density at radius 1 is 1.44 bits per heavy atom. The first-order valence-electron chi connectivity index (χ1n) is 4.52. The van der Waals surface area contributed by atoms with Gasteiger partial charge in [0, 0.05) is 11.9 Å². The fourth-order valence-corrected chi connectivity index (χ4v) is 4.01. The van der Waals surface area contributed by atoms with E-state index in [1.165, 1.54) is 11.3 Å². The van der Waals surface area contributed by atoms with E-state index in [2.05, 4.69) is 53.1 Å². The van der Waals surface area contributed by atoms with Gasteiger partial charge in [0.05, 0.1) is 26.4 Å². The van der Waals surface area contributed by atoms with Gasteiger partial charge >= 0.3 is 0 Å². The number of nitrogens with one attached hydrogen (secondary N) is 1. The number of carbonyl (C=O) groups excluding carboxylic acids is 1. The lowest BCUT2D eigenvalue weighted by molar-refractivity contribution is 0.0924. The van der Waals surface area contributed by atoms with Crippen molar-refractivity contribution in [2.24, 2.45) is 0 Å². The van der Waals surface area contributed by atoms with Crippen LogP contribution in [0.2, 0.25) is 0 Å². The zero-order valence-electron chi connectivity index (χ0n) is 8.26. The van der Waals surface area contributed by atoms with E-state index in [1.54, 1.807) is 6.07 Å². The number of ether oxygens (including phenoxy) is 1. The molecule has 0 aliphatic carbocycles. The van der Waals surface area contributed by atoms with Gasteiger partial charge in [0.15, 0.2) is 0 Å². The largest absolute Gasteiger partial charge is 0.379 e. The molecule has 1 aromatic rings. The lowest BCUT2D eigenvalue weighted by Crippen LogP contribution is -2.27. The van der Waals surface area contributed by atoms with Crippen LogP contribution >= 0.6 is 59.1 Å². The minimum absolute atomic E-state index is 0.0868. The molecule has 0 spiro atoms. The summed E-state index contributed by atoms with van der Waals surface area (Å²) in [6, 6.07) is 1.80. The van der Waals surface area contributed by atoms with Crippen LogP contribution in [0.5, 0.6) is 0 Å². The zero-order chi connectivity index (χ0) is 12.0. The summed E-state index contributed by atoms with van der Waals surface area (Å²) in [7, 11) is 0. The first kappa shape index (κ1) is 14.6. The van der Waals surface area contributed by atoms with Gasteiger partial charge < -0.3 is 10.1 Å². The van der Waals surface area contributed by atoms with Gasteiger partial charge in [0.25, 0.3) is 5.91 Å². The van der Waals surface area contributed by atoms with Crippen LogP contribution in [0.1, 0.15) is 10.4 Å². The quantitative estimate of drug-likeness (QED) is 0.549. The van der Waals surface area contributed by atoms with Gasteiger partial charge in [-0.2, -0.15) is 0 Å². The lowest BCUT2D eigenvalue weighted by atomic mass is 10.3. The van der Waals surface area contributed by atoms with Crippen molar-refractivity contribution in [2.45, 2.75) is 0 Å². The maximum atomic E-state index is 11.7. The number of carbonyl (C=O) groups is 1. The van der Waals surface area contributed by atoms with Crippen LogP contribution in [0.25, 0.3) is 0 Å². The highest BCUT2D eigenvalue weighted by Gasteiger charge is 2.12. The lowest BCUT2D eigenvalue weighted by Gasteiger charge is -2.04. The second kappa shape index (κ2) is 7.81. The molecule has 0 aromatic carbocycles. The van der Waals surface area contributed by atoms with Crippen LogP contribution in [0.15, 0.2) is 13.6 Å². The van der Waals surface area contributed by atoms with Gasteiger partial charge in [-0.1, -0.05) is 15.9 Å². The summed E-state index contributed by atoms with van der Waals surface area (Å²) in [5.41, 5.74) is 0.650. The Hall–Kier alpha value is 0.570. The molecule has 1 N–H and O–H groups in total. The first-order chi connectivity index (χ1) is 7.65. The van der Waals surface area contributed by atoms with Crippen molar-refractivity contribution in [3.05, 3.63) is 19.2 Å². The van der Waals surface area contributed by atoms with Crippen molar-refractivity contribution in [3.8, 4) is 0 Å². The molecule has 90 valence electrons. The number of rotatable bonds is 6. The van der Waals surface area contributed by atoms with Gasteiger partial charge in [-0.25, -0.2) is 0 Å². The zero-order valence-corrected chi connectivity index (χ0v) is 13.8. The van der Waals surface area contributed by atoms with Crippen molar-refractivity contribution in [3.63, 3.8) is 0 Å². The highest BCUT2D eigenvalue weighted by molar-refractivity contribution is 9.12. The maximum absolute atomic E-state index is 11.7. The number of thiophene rings is 1. The van der Waals surface area contributed by atoms with E-state index in [0.29, 0.717) is 25.3 Å². The molecule has 3 nitrogen and oxygen atoms in total. The van der Waals surface area contributed by atoms with Crippen LogP contribution in [0.4, 0.5) is 0 Å². The van der Waals surface area contributed by atoms with Crippen molar-refractivity contribution in [1.29, 1.82) is 0 Å². The minimum Gasteiger partial charge on any atom is -0.379 e. The summed E-state index contributed by atoms with van der Waals surface area (Å²) in [5.74, 6) is -0.0868. The number of hydrogen-bond acceptors (Lipinski definition) is 3. The fraction of sp³-hybridized carbons (Fsp3) is 0.444. The normalized spacial score (nSPS) is 10.4. The number of alkyl halides is 1. The summed E-state index contributed by atoms with van der Waals surface area (Å²) >= 11 is 11.4. The topological polar surface area (TPSA) is 38.3 Å². The maximum Gasteiger partial charge on any atom is 0.253 e. The van der Waals surface area contributed by atoms with Crippen molar-refractivity contribution < 1.29 is 9.53 Å². The summed E-state index contributed by atoms with van der Waals surface area (Å²) in [5, 5.41) is 3.60. The molecule has 1 rings (SSSR count). The minimum atomic E-state index is -0.0868. The van der Waals surface area contributed by atoms with Crippen LogP contribution in [-0.4, -0.2) is 31.0 Å². The first-order valence-corrected chi connectivity index (χ1v) is 8.04. The van der Waals surface area contributed by atoms with E-state index < -0.39 is 0 Å². The van der Waals surface area contributed by atoms with Crippen LogP contribution in [0.3, 0.4) is 0 Å². The fourth-order valence-electron chi connectivity index (χ4n) is 0.984. The third-order valence-corrected chi connectivity index (χ3v) is 4.32. The monoisotopic (exact) mass is 433 g/mol. The molecule has 1 heterocycles. The van der Waals surface area contributed by atoms with E-state index in [9.17, 15) is 4.79 Å². The van der Waals surface area contributed by atoms with Crippen molar-refractivity contribution >= 4 is 65.0 Å². The summed E-state index contributed by atoms with van der Waals surface area (Å²) < 4.78 is 6.99. The third-order valence-electron chi connectivity index (χ3n) is 1.65. The van der Waals surface area contributed by atoms with Crippen molar-refractivity contribution in [1.82, 2.24) is 5.32 Å². The van der Waals surface area contributed by atoms with Crippen molar-refractivity contribution in [2.75, 3.05) is 25.1 Å². The molecule has 0 radical (unpaired) electrons. The molecular formula is C9H10Br3NO2S. The Morgan fingerprint density at radius 2 is 2.19 bits per heavy atom. The van der Waals surface area contributed by atoms with Gasteiger partial charge in [-0.15, -0.1) is 11.3 Å². The molecule has 0 atom stereocenters. The number of halogens is 3. The van der Waals surface area contributed by atoms with Gasteiger partial charge in [0.2, 0.25) is 0 Å². The molecule has 0 aliphatic rings. The molecular weight excluding hydrogens is 426 g/mol. The van der Waals surface area contributed by atoms with E-state index >= 15 is 0 Å². The predicted molar refractivity (Wildman–Crippen MR) is 76.7 cm³/mol. The van der Waals surface area contributed by atoms with E-state index in [-0.39, 0.29) is 5.91 Å². The molecule has 0 bridgehead atoms. The SMILES string of the molecule is O=C(NCCOCCBr)c1cc(Br)sc1Br. The molecule has 16 heavy (non-hydrogen) atoms. The highest BCUT2D eigenvalue weighted by atomic mass is 79.9. The Labute approximate surface area is 123 Å². The Morgan fingerprint density at radius 3 is 2.75 bits per heavy atom. The molecule has 1 aromatic heterocycles. The van der Waals surface area contributed by atoms with E-state index in [4.69, 9.17) is 4.74 Å². The van der Waals surface area contributed by atoms with E-state index in [1.807, 2.05) is 0 Å². The van der Waals surface area contributed by atoms with Crippen LogP contribution in [0, 0.1) is 0 Å². The van der Waals surface area contributed by atoms with E-state index in [0.717, 1.165) is 12.9 Å². The second-order valence-corrected chi connectivity index (χ2v) is 7.34. The smallest absolute Gasteiger partial charge is 0.253 e. The number of amides is 1. The third kappa shape index (κ3) is 4.83. The molecule has 0 saturated heterocycles. The molecule has 0 saturated carbocycles. The number of hydrogen-bond donors (Lipinski definition) is 1. The second-order valence-electron chi connectivity index (χ2n) is 2.80. The summed E-state index contributed by atoms with van der Waals surface area (Å²) in [6.07, 6.45) is 0. The molecule has 0 unspecified atom stereocenters. The standard InChI is InChI=1S/C9H10Br3NO2S/c10-1-3-15-4-2-13-9(14)6-5-7(11)16-8(6)12/h5H,1-4H2,(H,13,14). The molecule has 0 aliphatic heterocycles. The summed E-state index contributed by atoms with van der Waals surface area (Å²) in [6.45, 7) is 1.70. The highest BCUT2D eigenvalue weighted by Crippen LogP contribution is 2.31. The van der Waals surface area contributed by atoms with Crippen LogP contribution < -0.4 is 5.32 Å². The van der Waals surface area contributed by atoms with Gasteiger partial charge in [0.1, 0.15) is 0 Å². The van der Waals surface area contributed by atoms with Gasteiger partial charge in [-0.05, 0) is 37.9 Å². The van der Waals surface area contributed by atoms with Crippen LogP contribution in [-0.2, 0) is 4.74 Å². The Balaban J connectivity index is 2.33. The molecule has 1 amide bonds. The summed E-state index contributed by atoms with van der Waals surface area (Å²) in [4.78, 5) is 11.7. The molecule has 0 fully saturated rings.